The number of hydrogen-bond donors (Lipinski definition) is 1. The van der Waals surface area contributed by atoms with Gasteiger partial charge in [-0.25, -0.2) is 9.37 Å². The Balaban J connectivity index is 2.19. The molecule has 0 amide bonds. The number of thiazole rings is 1. The van der Waals surface area contributed by atoms with Crippen LogP contribution in [0.25, 0.3) is 11.0 Å². The van der Waals surface area contributed by atoms with Gasteiger partial charge in [0.1, 0.15) is 5.82 Å². The predicted molar refractivity (Wildman–Crippen MR) is 73.3 cm³/mol. The van der Waals surface area contributed by atoms with Crippen LogP contribution in [0.15, 0.2) is 23.0 Å². The zero-order valence-electron chi connectivity index (χ0n) is 8.98. The molecule has 0 radical (unpaired) electrons. The molecule has 3 rings (SSSR count). The molecule has 0 aliphatic carbocycles. The topological polar surface area (TPSA) is 33.6 Å². The molecule has 0 aliphatic heterocycles. The van der Waals surface area contributed by atoms with Gasteiger partial charge in [0.15, 0.2) is 4.77 Å². The molecule has 2 heterocycles. The largest absolute Gasteiger partial charge is 0.330 e. The average Bonchev–Trinajstić information content (AvgIpc) is 2.92. The van der Waals surface area contributed by atoms with Gasteiger partial charge in [0.05, 0.1) is 33.8 Å². The number of imidazole rings is 1. The highest BCUT2D eigenvalue weighted by molar-refractivity contribution is 7.71. The van der Waals surface area contributed by atoms with E-state index in [2.05, 4.69) is 9.97 Å². The first-order valence-electron chi connectivity index (χ1n) is 5.10. The van der Waals surface area contributed by atoms with Crippen molar-refractivity contribution in [2.75, 3.05) is 0 Å². The summed E-state index contributed by atoms with van der Waals surface area (Å²) in [5.74, 6) is -0.457. The maximum absolute atomic E-state index is 13.4. The van der Waals surface area contributed by atoms with Crippen LogP contribution in [0.1, 0.15) is 5.69 Å². The predicted octanol–water partition coefficient (Wildman–Crippen LogP) is 4.00. The summed E-state index contributed by atoms with van der Waals surface area (Å²) in [6.07, 6.45) is 0. The standard InChI is InChI=1S/C11H7ClFN3S2/c12-7-1-10-9(2-8(7)13)15-11(17)16(10)3-6-4-18-5-14-6/h1-2,4-5H,3H2,(H,15,17). The summed E-state index contributed by atoms with van der Waals surface area (Å²) in [7, 11) is 0. The summed E-state index contributed by atoms with van der Waals surface area (Å²) in [6, 6.07) is 2.93. The number of benzene rings is 1. The van der Waals surface area contributed by atoms with Crippen molar-refractivity contribution in [1.29, 1.82) is 0 Å². The van der Waals surface area contributed by atoms with Crippen molar-refractivity contribution in [3.8, 4) is 0 Å². The Labute approximate surface area is 116 Å². The van der Waals surface area contributed by atoms with E-state index >= 15 is 0 Å². The average molecular weight is 300 g/mol. The van der Waals surface area contributed by atoms with Gasteiger partial charge in [-0.1, -0.05) is 11.6 Å². The van der Waals surface area contributed by atoms with Crippen LogP contribution in [0.5, 0.6) is 0 Å². The van der Waals surface area contributed by atoms with Crippen molar-refractivity contribution in [3.63, 3.8) is 0 Å². The summed E-state index contributed by atoms with van der Waals surface area (Å²) in [5, 5.41) is 2.04. The van der Waals surface area contributed by atoms with Crippen molar-refractivity contribution in [2.45, 2.75) is 6.54 Å². The molecular formula is C11H7ClFN3S2. The van der Waals surface area contributed by atoms with E-state index in [4.69, 9.17) is 23.8 Å². The van der Waals surface area contributed by atoms with Gasteiger partial charge in [-0.05, 0) is 18.3 Å². The second-order valence-corrected chi connectivity index (χ2v) is 5.29. The molecule has 0 bridgehead atoms. The number of nitrogens with one attached hydrogen (secondary N) is 1. The minimum Gasteiger partial charge on any atom is -0.330 e. The first-order chi connectivity index (χ1) is 8.65. The highest BCUT2D eigenvalue weighted by Crippen LogP contribution is 2.23. The molecule has 0 saturated heterocycles. The number of nitrogens with zero attached hydrogens (tertiary/aromatic N) is 2. The Morgan fingerprint density at radius 1 is 1.50 bits per heavy atom. The normalized spacial score (nSPS) is 11.2. The van der Waals surface area contributed by atoms with E-state index in [1.165, 1.54) is 17.4 Å². The Hall–Kier alpha value is -1.24. The second kappa shape index (κ2) is 4.46. The monoisotopic (exact) mass is 299 g/mol. The fourth-order valence-corrected chi connectivity index (χ4v) is 2.77. The molecule has 0 aliphatic rings. The Kier molecular flexibility index (Phi) is 2.93. The third kappa shape index (κ3) is 1.96. The smallest absolute Gasteiger partial charge is 0.178 e. The van der Waals surface area contributed by atoms with Gasteiger partial charge in [-0.3, -0.25) is 0 Å². The van der Waals surface area contributed by atoms with Gasteiger partial charge in [0.2, 0.25) is 0 Å². The molecule has 3 aromatic rings. The van der Waals surface area contributed by atoms with E-state index in [1.807, 2.05) is 9.95 Å². The summed E-state index contributed by atoms with van der Waals surface area (Å²) in [6.45, 7) is 0.546. The second-order valence-electron chi connectivity index (χ2n) is 3.78. The van der Waals surface area contributed by atoms with Gasteiger partial charge < -0.3 is 9.55 Å². The quantitative estimate of drug-likeness (QED) is 0.726. The third-order valence-electron chi connectivity index (χ3n) is 2.62. The van der Waals surface area contributed by atoms with E-state index in [0.29, 0.717) is 16.8 Å². The maximum Gasteiger partial charge on any atom is 0.178 e. The molecular weight excluding hydrogens is 293 g/mol. The number of rotatable bonds is 2. The molecule has 2 aromatic heterocycles. The molecule has 0 fully saturated rings. The van der Waals surface area contributed by atoms with Gasteiger partial charge in [0.25, 0.3) is 0 Å². The molecule has 0 spiro atoms. The lowest BCUT2D eigenvalue weighted by Gasteiger charge is -2.02. The van der Waals surface area contributed by atoms with Gasteiger partial charge >= 0.3 is 0 Å². The van der Waals surface area contributed by atoms with Crippen LogP contribution in [0.4, 0.5) is 4.39 Å². The number of hydrogen-bond acceptors (Lipinski definition) is 3. The van der Waals surface area contributed by atoms with Crippen molar-refractivity contribution in [2.24, 2.45) is 0 Å². The molecule has 1 N–H and O–H groups in total. The highest BCUT2D eigenvalue weighted by Gasteiger charge is 2.09. The summed E-state index contributed by atoms with van der Waals surface area (Å²) in [5.41, 5.74) is 4.09. The zero-order chi connectivity index (χ0) is 12.7. The third-order valence-corrected chi connectivity index (χ3v) is 3.87. The van der Waals surface area contributed by atoms with E-state index in [-0.39, 0.29) is 5.02 Å². The van der Waals surface area contributed by atoms with Crippen molar-refractivity contribution < 1.29 is 4.39 Å². The number of aromatic nitrogens is 3. The highest BCUT2D eigenvalue weighted by atomic mass is 35.5. The van der Waals surface area contributed by atoms with Crippen LogP contribution in [0, 0.1) is 10.6 Å². The van der Waals surface area contributed by atoms with Crippen molar-refractivity contribution >= 4 is 46.2 Å². The van der Waals surface area contributed by atoms with Gasteiger partial charge in [0, 0.05) is 11.4 Å². The molecule has 0 atom stereocenters. The number of fused-ring (bicyclic) bond motifs is 1. The van der Waals surface area contributed by atoms with Crippen LogP contribution in [-0.2, 0) is 6.54 Å². The minimum atomic E-state index is -0.457. The number of halogens is 2. The van der Waals surface area contributed by atoms with Crippen LogP contribution in [0.2, 0.25) is 5.02 Å². The van der Waals surface area contributed by atoms with Crippen molar-refractivity contribution in [1.82, 2.24) is 14.5 Å². The van der Waals surface area contributed by atoms with Gasteiger partial charge in [-0.15, -0.1) is 11.3 Å². The molecule has 0 unspecified atom stereocenters. The van der Waals surface area contributed by atoms with E-state index in [1.54, 1.807) is 11.6 Å². The molecule has 3 nitrogen and oxygen atoms in total. The lowest BCUT2D eigenvalue weighted by Crippen LogP contribution is -1.99. The molecule has 0 saturated carbocycles. The molecule has 1 aromatic carbocycles. The fourth-order valence-electron chi connectivity index (χ4n) is 1.79. The Morgan fingerprint density at radius 2 is 2.33 bits per heavy atom. The molecule has 92 valence electrons. The van der Waals surface area contributed by atoms with Crippen LogP contribution >= 0.6 is 35.2 Å². The number of aromatic amines is 1. The first-order valence-corrected chi connectivity index (χ1v) is 6.82. The van der Waals surface area contributed by atoms with E-state index < -0.39 is 5.82 Å². The summed E-state index contributed by atoms with van der Waals surface area (Å²) in [4.78, 5) is 7.17. The Morgan fingerprint density at radius 3 is 3.06 bits per heavy atom. The lowest BCUT2D eigenvalue weighted by atomic mass is 10.3. The van der Waals surface area contributed by atoms with Crippen LogP contribution in [0.3, 0.4) is 0 Å². The Bertz CT molecular complexity index is 761. The molecule has 7 heteroatoms. The van der Waals surface area contributed by atoms with Crippen LogP contribution < -0.4 is 0 Å². The van der Waals surface area contributed by atoms with E-state index in [9.17, 15) is 4.39 Å². The maximum atomic E-state index is 13.4. The lowest BCUT2D eigenvalue weighted by molar-refractivity contribution is 0.629. The van der Waals surface area contributed by atoms with Crippen LogP contribution in [-0.4, -0.2) is 14.5 Å². The molecule has 18 heavy (non-hydrogen) atoms. The minimum absolute atomic E-state index is 0.0866. The summed E-state index contributed by atoms with van der Waals surface area (Å²) < 4.78 is 15.7. The van der Waals surface area contributed by atoms with E-state index in [0.717, 1.165) is 11.2 Å². The first kappa shape index (κ1) is 11.8. The summed E-state index contributed by atoms with van der Waals surface area (Å²) >= 11 is 12.6. The number of H-pyrrole nitrogens is 1. The fraction of sp³-hybridized carbons (Fsp3) is 0.0909. The van der Waals surface area contributed by atoms with Gasteiger partial charge in [-0.2, -0.15) is 0 Å². The SMILES string of the molecule is Fc1cc2[nH]c(=S)n(Cc3cscn3)c2cc1Cl. The van der Waals surface area contributed by atoms with Crippen molar-refractivity contribution in [3.05, 3.63) is 44.3 Å². The zero-order valence-corrected chi connectivity index (χ0v) is 11.4.